The average molecular weight is 237 g/mol. The van der Waals surface area contributed by atoms with E-state index in [4.69, 9.17) is 11.5 Å². The summed E-state index contributed by atoms with van der Waals surface area (Å²) in [5.74, 6) is 0.0761. The second-order valence-electron chi connectivity index (χ2n) is 2.33. The van der Waals surface area contributed by atoms with Crippen LogP contribution in [0.1, 0.15) is 0 Å². The van der Waals surface area contributed by atoms with Crippen molar-refractivity contribution in [2.75, 3.05) is 12.4 Å². The molecule has 0 unspecified atom stereocenters. The molecule has 0 heterocycles. The summed E-state index contributed by atoms with van der Waals surface area (Å²) in [7, 11) is 1.86. The Kier molecular flexibility index (Phi) is 7.99. The van der Waals surface area contributed by atoms with Crippen molar-refractivity contribution >= 4 is 42.1 Å². The molecule has 0 saturated carbocycles. The Hall–Kier alpha value is -1.13. The summed E-state index contributed by atoms with van der Waals surface area (Å²) in [4.78, 5) is 3.88. The van der Waals surface area contributed by atoms with Crippen LogP contribution in [0.25, 0.3) is 0 Å². The summed E-state index contributed by atoms with van der Waals surface area (Å²) >= 11 is 0. The minimum absolute atomic E-state index is 0. The Balaban J connectivity index is 0. The highest BCUT2D eigenvalue weighted by atomic mass is 35.5. The van der Waals surface area contributed by atoms with Crippen molar-refractivity contribution in [2.24, 2.45) is 16.5 Å². The molecule has 1 aromatic rings. The van der Waals surface area contributed by atoms with Crippen LogP contribution in [0, 0.1) is 0 Å². The van der Waals surface area contributed by atoms with E-state index >= 15 is 0 Å². The van der Waals surface area contributed by atoms with Gasteiger partial charge in [-0.1, -0.05) is 0 Å². The maximum absolute atomic E-state index is 5.21. The van der Waals surface area contributed by atoms with E-state index in [0.717, 1.165) is 11.4 Å². The fourth-order valence-electron chi connectivity index (χ4n) is 0.852. The summed E-state index contributed by atoms with van der Waals surface area (Å²) in [5.41, 5.74) is 12.2. The van der Waals surface area contributed by atoms with Crippen LogP contribution in [-0.4, -0.2) is 13.0 Å². The van der Waals surface area contributed by atoms with Crippen molar-refractivity contribution < 1.29 is 0 Å². The highest BCUT2D eigenvalue weighted by Crippen LogP contribution is 2.14. The molecule has 0 aliphatic rings. The van der Waals surface area contributed by atoms with Crippen LogP contribution in [-0.2, 0) is 0 Å². The Morgan fingerprint density at radius 1 is 1.14 bits per heavy atom. The Labute approximate surface area is 95.6 Å². The number of halogens is 2. The smallest absolute Gasteiger partial charge is 0.191 e. The topological polar surface area (TPSA) is 76.4 Å². The molecule has 6 heteroatoms. The van der Waals surface area contributed by atoms with Gasteiger partial charge in [0.1, 0.15) is 0 Å². The zero-order valence-corrected chi connectivity index (χ0v) is 9.36. The van der Waals surface area contributed by atoms with E-state index in [1.807, 2.05) is 31.3 Å². The molecule has 14 heavy (non-hydrogen) atoms. The number of guanidine groups is 1. The fraction of sp³-hybridized carbons (Fsp3) is 0.125. The minimum atomic E-state index is 0. The minimum Gasteiger partial charge on any atom is -0.388 e. The lowest BCUT2D eigenvalue weighted by atomic mass is 10.3. The monoisotopic (exact) mass is 236 g/mol. The molecule has 1 rings (SSSR count). The average Bonchev–Trinajstić information content (AvgIpc) is 2.05. The van der Waals surface area contributed by atoms with Gasteiger partial charge >= 0.3 is 0 Å². The predicted octanol–water partition coefficient (Wildman–Crippen LogP) is 1.48. The van der Waals surface area contributed by atoms with Gasteiger partial charge in [-0.3, -0.25) is 0 Å². The van der Waals surface area contributed by atoms with Crippen LogP contribution in [0.4, 0.5) is 11.4 Å². The van der Waals surface area contributed by atoms with Gasteiger partial charge in [0.15, 0.2) is 5.96 Å². The van der Waals surface area contributed by atoms with Gasteiger partial charge in [0.25, 0.3) is 0 Å². The van der Waals surface area contributed by atoms with Crippen molar-refractivity contribution in [3.8, 4) is 0 Å². The van der Waals surface area contributed by atoms with Crippen molar-refractivity contribution in [3.05, 3.63) is 24.3 Å². The quantitative estimate of drug-likeness (QED) is 0.538. The number of nitrogens with zero attached hydrogens (tertiary/aromatic N) is 1. The Bertz CT molecular complexity index is 280. The van der Waals surface area contributed by atoms with E-state index in [1.165, 1.54) is 0 Å². The molecular weight excluding hydrogens is 223 g/mol. The molecule has 0 aliphatic heterocycles. The van der Waals surface area contributed by atoms with Crippen molar-refractivity contribution in [1.82, 2.24) is 0 Å². The first-order chi connectivity index (χ1) is 5.72. The van der Waals surface area contributed by atoms with Crippen LogP contribution in [0.2, 0.25) is 0 Å². The molecule has 0 bridgehead atoms. The van der Waals surface area contributed by atoms with Crippen molar-refractivity contribution in [1.29, 1.82) is 0 Å². The first-order valence-corrected chi connectivity index (χ1v) is 3.60. The van der Waals surface area contributed by atoms with Gasteiger partial charge < -0.3 is 16.8 Å². The number of anilines is 1. The number of aliphatic imine (C=N–C) groups is 1. The lowest BCUT2D eigenvalue weighted by Gasteiger charge is -1.99. The molecule has 0 atom stereocenters. The second kappa shape index (κ2) is 7.29. The molecule has 80 valence electrons. The molecule has 0 saturated heterocycles. The van der Waals surface area contributed by atoms with Crippen molar-refractivity contribution in [3.63, 3.8) is 0 Å². The third-order valence-corrected chi connectivity index (χ3v) is 1.41. The van der Waals surface area contributed by atoms with E-state index in [9.17, 15) is 0 Å². The number of nitrogens with one attached hydrogen (secondary N) is 1. The van der Waals surface area contributed by atoms with Gasteiger partial charge in [0.2, 0.25) is 0 Å². The fourth-order valence-corrected chi connectivity index (χ4v) is 0.852. The second-order valence-corrected chi connectivity index (χ2v) is 2.33. The Morgan fingerprint density at radius 3 is 2.00 bits per heavy atom. The number of hydrogen-bond donors (Lipinski definition) is 3. The molecule has 0 fully saturated rings. The van der Waals surface area contributed by atoms with E-state index in [2.05, 4.69) is 10.3 Å². The summed E-state index contributed by atoms with van der Waals surface area (Å²) < 4.78 is 0. The molecule has 4 nitrogen and oxygen atoms in total. The van der Waals surface area contributed by atoms with Gasteiger partial charge in [-0.05, 0) is 24.3 Å². The van der Waals surface area contributed by atoms with Gasteiger partial charge in [-0.2, -0.15) is 0 Å². The summed E-state index contributed by atoms with van der Waals surface area (Å²) in [6.45, 7) is 0. The highest BCUT2D eigenvalue weighted by molar-refractivity contribution is 5.85. The zero-order valence-electron chi connectivity index (χ0n) is 7.73. The summed E-state index contributed by atoms with van der Waals surface area (Å²) in [5, 5.41) is 3.00. The standard InChI is InChI=1S/C8H12N4.2ClH/c1-11-6-2-4-7(5-3-6)12-8(9)10;;/h2-5,11H,1H3,(H4,9,10,12);2*1H. The number of nitrogens with two attached hydrogens (primary N) is 2. The van der Waals surface area contributed by atoms with Gasteiger partial charge in [0.05, 0.1) is 5.69 Å². The normalized spacial score (nSPS) is 7.79. The molecule has 0 aliphatic carbocycles. The van der Waals surface area contributed by atoms with Crippen molar-refractivity contribution in [2.45, 2.75) is 0 Å². The third-order valence-electron chi connectivity index (χ3n) is 1.41. The molecule has 0 amide bonds. The maximum atomic E-state index is 5.21. The first-order valence-electron chi connectivity index (χ1n) is 3.60. The largest absolute Gasteiger partial charge is 0.388 e. The lowest BCUT2D eigenvalue weighted by Crippen LogP contribution is -2.21. The third kappa shape index (κ3) is 4.79. The van der Waals surface area contributed by atoms with Gasteiger partial charge in [-0.25, -0.2) is 4.99 Å². The number of hydrogen-bond acceptors (Lipinski definition) is 2. The van der Waals surface area contributed by atoms with E-state index in [0.29, 0.717) is 0 Å². The van der Waals surface area contributed by atoms with E-state index in [-0.39, 0.29) is 30.8 Å². The first kappa shape index (κ1) is 15.3. The number of benzene rings is 1. The van der Waals surface area contributed by atoms with E-state index in [1.54, 1.807) is 0 Å². The molecule has 0 aromatic heterocycles. The van der Waals surface area contributed by atoms with Crippen LogP contribution < -0.4 is 16.8 Å². The number of rotatable bonds is 2. The lowest BCUT2D eigenvalue weighted by molar-refractivity contribution is 1.41. The van der Waals surface area contributed by atoms with Gasteiger partial charge in [-0.15, -0.1) is 24.8 Å². The van der Waals surface area contributed by atoms with Crippen LogP contribution in [0.15, 0.2) is 29.3 Å². The summed E-state index contributed by atoms with van der Waals surface area (Å²) in [6.07, 6.45) is 0. The van der Waals surface area contributed by atoms with E-state index < -0.39 is 0 Å². The van der Waals surface area contributed by atoms with Crippen LogP contribution >= 0.6 is 24.8 Å². The molecule has 0 radical (unpaired) electrons. The molecule has 5 N–H and O–H groups in total. The maximum Gasteiger partial charge on any atom is 0.191 e. The van der Waals surface area contributed by atoms with Crippen LogP contribution in [0.5, 0.6) is 0 Å². The SMILES string of the molecule is CNc1ccc(N=C(N)N)cc1.Cl.Cl. The molecule has 0 spiro atoms. The van der Waals surface area contributed by atoms with Gasteiger partial charge in [0, 0.05) is 12.7 Å². The summed E-state index contributed by atoms with van der Waals surface area (Å²) in [6, 6.07) is 7.49. The van der Waals surface area contributed by atoms with Crippen LogP contribution in [0.3, 0.4) is 0 Å². The Morgan fingerprint density at radius 2 is 1.64 bits per heavy atom. The molecular formula is C8H14Cl2N4. The highest BCUT2D eigenvalue weighted by Gasteiger charge is 1.89. The molecule has 1 aromatic carbocycles. The predicted molar refractivity (Wildman–Crippen MR) is 66.0 cm³/mol. The zero-order chi connectivity index (χ0) is 8.97.